The molecule has 0 bridgehead atoms. The number of nitrogens with zero attached hydrogens (tertiary/aromatic N) is 2. The fourth-order valence-electron chi connectivity index (χ4n) is 9.68. The van der Waals surface area contributed by atoms with Crippen molar-refractivity contribution in [2.24, 2.45) is 0 Å². The van der Waals surface area contributed by atoms with Gasteiger partial charge in [-0.1, -0.05) is 164 Å². The van der Waals surface area contributed by atoms with Gasteiger partial charge in [-0.05, 0) is 135 Å². The average Bonchev–Trinajstić information content (AvgIpc) is 3.87. The second-order valence-corrected chi connectivity index (χ2v) is 16.4. The molecule has 0 amide bonds. The zero-order valence-electron chi connectivity index (χ0n) is 34.2. The minimum Gasteiger partial charge on any atom is -0.309 e. The number of hydrogen-bond donors (Lipinski definition) is 0. The molecule has 292 valence electrons. The summed E-state index contributed by atoms with van der Waals surface area (Å²) in [5.74, 6) is 0. The van der Waals surface area contributed by atoms with Gasteiger partial charge < -0.3 is 9.13 Å². The van der Waals surface area contributed by atoms with Crippen LogP contribution in [0.25, 0.3) is 105 Å². The summed E-state index contributed by atoms with van der Waals surface area (Å²) in [4.78, 5) is 0. The van der Waals surface area contributed by atoms with E-state index in [2.05, 4.69) is 240 Å². The Labute approximate surface area is 361 Å². The molecular formula is C60H42N2. The van der Waals surface area contributed by atoms with Crippen molar-refractivity contribution in [3.8, 4) is 55.9 Å². The lowest BCUT2D eigenvalue weighted by molar-refractivity contribution is 1.04. The zero-order chi connectivity index (χ0) is 41.0. The molecule has 62 heavy (non-hydrogen) atoms. The van der Waals surface area contributed by atoms with E-state index in [1.54, 1.807) is 0 Å². The van der Waals surface area contributed by atoms with Crippen LogP contribution in [0.3, 0.4) is 0 Å². The Hall–Kier alpha value is -7.94. The van der Waals surface area contributed by atoms with Crippen LogP contribution >= 0.6 is 0 Å². The Balaban J connectivity index is 0.942. The number of aromatic nitrogens is 2. The van der Waals surface area contributed by atoms with Gasteiger partial charge in [0.1, 0.15) is 0 Å². The first-order valence-corrected chi connectivity index (χ1v) is 21.6. The van der Waals surface area contributed by atoms with Crippen LogP contribution in [0.1, 0.15) is 18.4 Å². The predicted molar refractivity (Wildman–Crippen MR) is 263 cm³/mol. The molecule has 2 nitrogen and oxygen atoms in total. The van der Waals surface area contributed by atoms with Crippen LogP contribution in [0, 0.1) is 0 Å². The lowest BCUT2D eigenvalue weighted by Gasteiger charge is -2.15. The molecule has 0 aliphatic heterocycles. The van der Waals surface area contributed by atoms with E-state index in [0.29, 0.717) is 0 Å². The lowest BCUT2D eigenvalue weighted by Crippen LogP contribution is -1.97. The maximum absolute atomic E-state index is 2.46. The van der Waals surface area contributed by atoms with Crippen LogP contribution in [0.4, 0.5) is 0 Å². The summed E-state index contributed by atoms with van der Waals surface area (Å²) in [7, 11) is 0. The SMILES string of the molecule is C1=CC(c2cc(-c3ccccc3)cc(-n3c4ccccc4c4cc(-c5ccc6c(c5)c5ccccc5n6-c5ccc(-c6ccc(-c7ccccc7)cc6)cc5)ccc43)c2)=CCC1. The molecule has 1 aliphatic carbocycles. The summed E-state index contributed by atoms with van der Waals surface area (Å²) in [6.07, 6.45) is 9.13. The van der Waals surface area contributed by atoms with Crippen LogP contribution < -0.4 is 0 Å². The highest BCUT2D eigenvalue weighted by atomic mass is 15.0. The van der Waals surface area contributed by atoms with Crippen molar-refractivity contribution in [3.05, 3.63) is 236 Å². The van der Waals surface area contributed by atoms with Crippen molar-refractivity contribution in [1.82, 2.24) is 9.13 Å². The van der Waals surface area contributed by atoms with Gasteiger partial charge in [0.25, 0.3) is 0 Å². The summed E-state index contributed by atoms with van der Waals surface area (Å²) < 4.78 is 4.86. The van der Waals surface area contributed by atoms with Gasteiger partial charge in [-0.15, -0.1) is 0 Å². The minimum atomic E-state index is 1.07. The molecule has 11 aromatic rings. The molecule has 9 aromatic carbocycles. The van der Waals surface area contributed by atoms with Gasteiger partial charge >= 0.3 is 0 Å². The van der Waals surface area contributed by atoms with Gasteiger partial charge in [-0.2, -0.15) is 0 Å². The molecule has 0 radical (unpaired) electrons. The van der Waals surface area contributed by atoms with E-state index in [4.69, 9.17) is 0 Å². The van der Waals surface area contributed by atoms with Crippen molar-refractivity contribution in [2.45, 2.75) is 12.8 Å². The van der Waals surface area contributed by atoms with E-state index in [1.165, 1.54) is 105 Å². The van der Waals surface area contributed by atoms with Crippen molar-refractivity contribution in [3.63, 3.8) is 0 Å². The monoisotopic (exact) mass is 790 g/mol. The summed E-state index contributed by atoms with van der Waals surface area (Å²) in [6, 6.07) is 77.9. The number of hydrogen-bond acceptors (Lipinski definition) is 0. The first-order valence-electron chi connectivity index (χ1n) is 21.6. The Kier molecular flexibility index (Phi) is 8.67. The number of benzene rings is 9. The number of para-hydroxylation sites is 2. The van der Waals surface area contributed by atoms with Crippen LogP contribution in [0.2, 0.25) is 0 Å². The quantitative estimate of drug-likeness (QED) is 0.152. The zero-order valence-corrected chi connectivity index (χ0v) is 34.2. The Morgan fingerprint density at radius 2 is 0.710 bits per heavy atom. The van der Waals surface area contributed by atoms with Gasteiger partial charge in [0.15, 0.2) is 0 Å². The number of fused-ring (bicyclic) bond motifs is 6. The van der Waals surface area contributed by atoms with Gasteiger partial charge in [0.05, 0.1) is 22.1 Å². The van der Waals surface area contributed by atoms with Gasteiger partial charge in [0.2, 0.25) is 0 Å². The molecule has 1 aliphatic rings. The third-order valence-corrected chi connectivity index (χ3v) is 12.7. The van der Waals surface area contributed by atoms with Gasteiger partial charge in [0, 0.05) is 32.9 Å². The molecular weight excluding hydrogens is 749 g/mol. The van der Waals surface area contributed by atoms with Crippen LogP contribution in [-0.4, -0.2) is 9.13 Å². The van der Waals surface area contributed by atoms with E-state index in [-0.39, 0.29) is 0 Å². The molecule has 0 atom stereocenters. The maximum Gasteiger partial charge on any atom is 0.0541 e. The maximum atomic E-state index is 2.46. The highest BCUT2D eigenvalue weighted by Crippen LogP contribution is 2.40. The van der Waals surface area contributed by atoms with Crippen LogP contribution in [-0.2, 0) is 0 Å². The molecule has 2 heteroatoms. The van der Waals surface area contributed by atoms with E-state index >= 15 is 0 Å². The van der Waals surface area contributed by atoms with Crippen molar-refractivity contribution in [1.29, 1.82) is 0 Å². The van der Waals surface area contributed by atoms with Crippen LogP contribution in [0.15, 0.2) is 231 Å². The fraction of sp³-hybridized carbons (Fsp3) is 0.0333. The third kappa shape index (κ3) is 6.19. The first-order chi connectivity index (χ1) is 30.7. The molecule has 0 unspecified atom stereocenters. The van der Waals surface area contributed by atoms with E-state index in [0.717, 1.165) is 18.5 Å². The van der Waals surface area contributed by atoms with E-state index in [1.807, 2.05) is 0 Å². The molecule has 0 saturated heterocycles. The Morgan fingerprint density at radius 1 is 0.274 bits per heavy atom. The predicted octanol–water partition coefficient (Wildman–Crippen LogP) is 16.3. The van der Waals surface area contributed by atoms with Crippen molar-refractivity contribution < 1.29 is 0 Å². The summed E-state index contributed by atoms with van der Waals surface area (Å²) in [6.45, 7) is 0. The largest absolute Gasteiger partial charge is 0.309 e. The van der Waals surface area contributed by atoms with Gasteiger partial charge in [-0.25, -0.2) is 0 Å². The average molecular weight is 791 g/mol. The second kappa shape index (κ2) is 15.0. The molecule has 12 rings (SSSR count). The first kappa shape index (κ1) is 36.0. The summed E-state index contributed by atoms with van der Waals surface area (Å²) >= 11 is 0. The van der Waals surface area contributed by atoms with Crippen molar-refractivity contribution >= 4 is 49.2 Å². The van der Waals surface area contributed by atoms with Crippen molar-refractivity contribution in [2.75, 3.05) is 0 Å². The minimum absolute atomic E-state index is 1.07. The normalized spacial score (nSPS) is 12.7. The summed E-state index contributed by atoms with van der Waals surface area (Å²) in [5.41, 5.74) is 19.4. The fourth-order valence-corrected chi connectivity index (χ4v) is 9.68. The molecule has 0 N–H and O–H groups in total. The number of rotatable bonds is 7. The van der Waals surface area contributed by atoms with E-state index in [9.17, 15) is 0 Å². The molecule has 2 heterocycles. The molecule has 0 fully saturated rings. The topological polar surface area (TPSA) is 9.86 Å². The highest BCUT2D eigenvalue weighted by molar-refractivity contribution is 6.13. The Morgan fingerprint density at radius 3 is 1.26 bits per heavy atom. The second-order valence-electron chi connectivity index (χ2n) is 16.4. The highest BCUT2D eigenvalue weighted by Gasteiger charge is 2.18. The number of allylic oxidation sites excluding steroid dienone is 4. The van der Waals surface area contributed by atoms with E-state index < -0.39 is 0 Å². The molecule has 0 spiro atoms. The smallest absolute Gasteiger partial charge is 0.0541 e. The third-order valence-electron chi connectivity index (χ3n) is 12.7. The molecule has 0 saturated carbocycles. The standard InChI is InChI=1S/C60H42N2/c1-4-14-41(15-5-1)44-24-26-45(27-25-44)46-28-32-51(33-29-46)61-57-22-12-10-20-53(57)55-39-47(30-34-59(55)61)48-31-35-60-56(40-48)54-21-11-13-23-58(54)62(60)52-37-49(42-16-6-2-7-17-42)36-50(38-52)43-18-8-3-9-19-43/h1-2,4-8,10-40H,3,9H2. The Bertz CT molecular complexity index is 3530. The van der Waals surface area contributed by atoms with Gasteiger partial charge in [-0.3, -0.25) is 0 Å². The lowest BCUT2D eigenvalue weighted by atomic mass is 9.95. The summed E-state index contributed by atoms with van der Waals surface area (Å²) in [5, 5.41) is 5.00. The molecule has 2 aromatic heterocycles. The van der Waals surface area contributed by atoms with Crippen LogP contribution in [0.5, 0.6) is 0 Å².